The first-order valence-electron chi connectivity index (χ1n) is 11.0. The molecular weight excluding hydrogens is 418 g/mol. The maximum Gasteiger partial charge on any atom is 0.242 e. The number of rotatable bonds is 10. The minimum absolute atomic E-state index is 0.0944. The molecule has 2 N–H and O–H groups in total. The molecule has 0 spiro atoms. The van der Waals surface area contributed by atoms with Crippen LogP contribution in [0.4, 0.5) is 5.82 Å². The molecule has 9 heteroatoms. The topological polar surface area (TPSA) is 116 Å². The second-order valence-corrected chi connectivity index (χ2v) is 7.53. The van der Waals surface area contributed by atoms with Crippen molar-refractivity contribution < 1.29 is 9.53 Å². The van der Waals surface area contributed by atoms with Crippen molar-refractivity contribution in [2.45, 2.75) is 26.8 Å². The highest BCUT2D eigenvalue weighted by molar-refractivity contribution is 5.94. The first-order valence-corrected chi connectivity index (χ1v) is 11.0. The molecule has 0 aliphatic carbocycles. The predicted octanol–water partition coefficient (Wildman–Crippen LogP) is 2.83. The maximum absolute atomic E-state index is 12.6. The Kier molecular flexibility index (Phi) is 8.11. The van der Waals surface area contributed by atoms with Gasteiger partial charge in [-0.3, -0.25) is 4.79 Å². The number of anilines is 1. The summed E-state index contributed by atoms with van der Waals surface area (Å²) >= 11 is 0. The van der Waals surface area contributed by atoms with Gasteiger partial charge in [0.05, 0.1) is 12.6 Å². The van der Waals surface area contributed by atoms with Gasteiger partial charge in [-0.1, -0.05) is 19.9 Å². The number of pyridine rings is 1. The second kappa shape index (κ2) is 11.2. The van der Waals surface area contributed by atoms with Gasteiger partial charge in [0.15, 0.2) is 0 Å². The Morgan fingerprint density at radius 1 is 1.18 bits per heavy atom. The van der Waals surface area contributed by atoms with Crippen LogP contribution in [0.5, 0.6) is 5.88 Å². The summed E-state index contributed by atoms with van der Waals surface area (Å²) in [5.74, 6) is 0.756. The second-order valence-electron chi connectivity index (χ2n) is 7.53. The minimum atomic E-state index is -0.476. The van der Waals surface area contributed by atoms with Crippen LogP contribution in [0.3, 0.4) is 0 Å². The summed E-state index contributed by atoms with van der Waals surface area (Å²) in [5.41, 5.74) is 2.72. The molecule has 1 aromatic carbocycles. The van der Waals surface area contributed by atoms with Crippen molar-refractivity contribution in [1.82, 2.24) is 25.2 Å². The Balaban J connectivity index is 1.80. The molecule has 1 atom stereocenters. The zero-order valence-electron chi connectivity index (χ0n) is 19.4. The number of aromatic nitrogens is 3. The number of carbonyl (C=O) groups is 1. The number of nitrogens with zero attached hydrogens (tertiary/aromatic N) is 5. The van der Waals surface area contributed by atoms with E-state index in [0.29, 0.717) is 17.9 Å². The first-order chi connectivity index (χ1) is 16.0. The zero-order chi connectivity index (χ0) is 23.8. The van der Waals surface area contributed by atoms with Crippen molar-refractivity contribution in [3.05, 3.63) is 42.4 Å². The highest BCUT2D eigenvalue weighted by Crippen LogP contribution is 2.29. The molecule has 33 heavy (non-hydrogen) atoms. The molecule has 0 unspecified atom stereocenters. The average Bonchev–Trinajstić information content (AvgIpc) is 2.85. The third kappa shape index (κ3) is 5.73. The predicted molar refractivity (Wildman–Crippen MR) is 128 cm³/mol. The number of nitrogens with one attached hydrogen (secondary N) is 2. The molecule has 3 aromatic rings. The summed E-state index contributed by atoms with van der Waals surface area (Å²) in [6, 6.07) is 9.07. The Morgan fingerprint density at radius 2 is 1.97 bits per heavy atom. The number of hydrogen-bond acceptors (Lipinski definition) is 8. The van der Waals surface area contributed by atoms with Gasteiger partial charge >= 0.3 is 0 Å². The van der Waals surface area contributed by atoms with E-state index in [0.717, 1.165) is 41.7 Å². The molecule has 0 radical (unpaired) electrons. The van der Waals surface area contributed by atoms with Gasteiger partial charge in [0.1, 0.15) is 29.8 Å². The lowest BCUT2D eigenvalue weighted by atomic mass is 10.0. The number of amides is 1. The lowest BCUT2D eigenvalue weighted by Gasteiger charge is -2.20. The van der Waals surface area contributed by atoms with Gasteiger partial charge in [-0.15, -0.1) is 0 Å². The fraction of sp³-hybridized carbons (Fsp3) is 0.375. The zero-order valence-corrected chi connectivity index (χ0v) is 19.4. The molecule has 172 valence electrons. The standard InChI is InChI=1S/C24H29N7O2/c1-5-31(6-2)10-9-26-23(32)16(3)30-22-20-12-17(7-8-21(20)28-15-29-22)19-11-18(13-25)24(33-4)27-14-19/h7-8,11-12,14-16H,5-6,9-10H2,1-4H3,(H,26,32)(H,28,29,30)/t16-/m0/s1. The van der Waals surface area contributed by atoms with Crippen LogP contribution in [0, 0.1) is 11.3 Å². The third-order valence-corrected chi connectivity index (χ3v) is 5.50. The molecule has 1 amide bonds. The van der Waals surface area contributed by atoms with Crippen molar-refractivity contribution in [3.8, 4) is 23.1 Å². The quantitative estimate of drug-likeness (QED) is 0.487. The molecule has 0 aliphatic rings. The van der Waals surface area contributed by atoms with Crippen LogP contribution in [-0.2, 0) is 4.79 Å². The van der Waals surface area contributed by atoms with E-state index in [9.17, 15) is 10.1 Å². The number of ether oxygens (including phenoxy) is 1. The summed E-state index contributed by atoms with van der Waals surface area (Å²) in [6.45, 7) is 9.32. The van der Waals surface area contributed by atoms with E-state index in [4.69, 9.17) is 4.74 Å². The normalized spacial score (nSPS) is 11.8. The molecule has 0 saturated carbocycles. The highest BCUT2D eigenvalue weighted by atomic mass is 16.5. The Labute approximate surface area is 193 Å². The summed E-state index contributed by atoms with van der Waals surface area (Å²) in [5, 5.41) is 16.3. The number of nitriles is 1. The van der Waals surface area contributed by atoms with Crippen LogP contribution in [0.25, 0.3) is 22.0 Å². The Morgan fingerprint density at radius 3 is 2.67 bits per heavy atom. The monoisotopic (exact) mass is 447 g/mol. The van der Waals surface area contributed by atoms with Crippen molar-refractivity contribution in [3.63, 3.8) is 0 Å². The SMILES string of the molecule is CCN(CC)CCNC(=O)[C@H](C)Nc1ncnc2ccc(-c3cnc(OC)c(C#N)c3)cc12. The van der Waals surface area contributed by atoms with Gasteiger partial charge in [0.25, 0.3) is 0 Å². The van der Waals surface area contributed by atoms with Gasteiger partial charge in [-0.25, -0.2) is 15.0 Å². The van der Waals surface area contributed by atoms with Crippen molar-refractivity contribution in [1.29, 1.82) is 5.26 Å². The summed E-state index contributed by atoms with van der Waals surface area (Å²) in [6.07, 6.45) is 3.13. The van der Waals surface area contributed by atoms with E-state index >= 15 is 0 Å². The lowest BCUT2D eigenvalue weighted by Crippen LogP contribution is -2.41. The molecule has 2 aromatic heterocycles. The maximum atomic E-state index is 12.6. The molecule has 9 nitrogen and oxygen atoms in total. The van der Waals surface area contributed by atoms with Gasteiger partial charge < -0.3 is 20.3 Å². The molecular formula is C24H29N7O2. The van der Waals surface area contributed by atoms with Crippen LogP contribution in [0.15, 0.2) is 36.8 Å². The molecule has 3 rings (SSSR count). The Bertz CT molecular complexity index is 1160. The molecule has 0 aliphatic heterocycles. The number of fused-ring (bicyclic) bond motifs is 1. The first kappa shape index (κ1) is 23.9. The van der Waals surface area contributed by atoms with E-state index in [1.807, 2.05) is 18.2 Å². The van der Waals surface area contributed by atoms with Crippen LogP contribution < -0.4 is 15.4 Å². The van der Waals surface area contributed by atoms with Crippen LogP contribution in [-0.4, -0.2) is 65.1 Å². The number of benzene rings is 1. The van der Waals surface area contributed by atoms with E-state index in [2.05, 4.69) is 50.4 Å². The average molecular weight is 448 g/mol. The molecule has 2 heterocycles. The summed E-state index contributed by atoms with van der Waals surface area (Å²) in [4.78, 5) is 27.7. The number of carbonyl (C=O) groups excluding carboxylic acids is 1. The lowest BCUT2D eigenvalue weighted by molar-refractivity contribution is -0.121. The number of likely N-dealkylation sites (N-methyl/N-ethyl adjacent to an activating group) is 1. The fourth-order valence-electron chi connectivity index (χ4n) is 3.50. The highest BCUT2D eigenvalue weighted by Gasteiger charge is 2.16. The molecule has 0 fully saturated rings. The van der Waals surface area contributed by atoms with Gasteiger partial charge in [-0.05, 0) is 43.8 Å². The largest absolute Gasteiger partial charge is 0.480 e. The van der Waals surface area contributed by atoms with E-state index in [1.54, 1.807) is 19.2 Å². The fourth-order valence-corrected chi connectivity index (χ4v) is 3.50. The summed E-state index contributed by atoms with van der Waals surface area (Å²) < 4.78 is 5.13. The van der Waals surface area contributed by atoms with Crippen molar-refractivity contribution in [2.75, 3.05) is 38.6 Å². The van der Waals surface area contributed by atoms with Gasteiger partial charge in [0, 0.05) is 30.2 Å². The van der Waals surface area contributed by atoms with Crippen LogP contribution in [0.2, 0.25) is 0 Å². The smallest absolute Gasteiger partial charge is 0.242 e. The summed E-state index contributed by atoms with van der Waals surface area (Å²) in [7, 11) is 1.48. The number of methoxy groups -OCH3 is 1. The van der Waals surface area contributed by atoms with Crippen LogP contribution >= 0.6 is 0 Å². The van der Waals surface area contributed by atoms with Crippen molar-refractivity contribution >= 4 is 22.6 Å². The third-order valence-electron chi connectivity index (χ3n) is 5.50. The van der Waals surface area contributed by atoms with E-state index < -0.39 is 6.04 Å². The van der Waals surface area contributed by atoms with Crippen LogP contribution in [0.1, 0.15) is 26.3 Å². The van der Waals surface area contributed by atoms with Crippen molar-refractivity contribution in [2.24, 2.45) is 0 Å². The Hall–Kier alpha value is -3.77. The van der Waals surface area contributed by atoms with Gasteiger partial charge in [-0.2, -0.15) is 5.26 Å². The van der Waals surface area contributed by atoms with E-state index in [-0.39, 0.29) is 11.8 Å². The van der Waals surface area contributed by atoms with E-state index in [1.165, 1.54) is 13.4 Å². The molecule has 0 bridgehead atoms. The van der Waals surface area contributed by atoms with Gasteiger partial charge in [0.2, 0.25) is 11.8 Å². The number of hydrogen-bond donors (Lipinski definition) is 2. The molecule has 0 saturated heterocycles. The minimum Gasteiger partial charge on any atom is -0.480 e.